The van der Waals surface area contributed by atoms with Crippen LogP contribution in [0.2, 0.25) is 0 Å². The zero-order valence-electron chi connectivity index (χ0n) is 9.24. The topological polar surface area (TPSA) is 93.4 Å². The number of nitrogens with zero attached hydrogens (tertiary/aromatic N) is 2. The maximum absolute atomic E-state index is 11.8. The monoisotopic (exact) mass is 275 g/mol. The molecule has 0 aliphatic carbocycles. The maximum atomic E-state index is 11.8. The van der Waals surface area contributed by atoms with E-state index in [2.05, 4.69) is 4.98 Å². The molecule has 2 atom stereocenters. The number of carbonyl (C=O) groups is 1. The predicted octanol–water partition coefficient (Wildman–Crippen LogP) is 0.0935. The van der Waals surface area contributed by atoms with Gasteiger partial charge in [0.1, 0.15) is 10.3 Å². The molecule has 0 aromatic carbocycles. The predicted molar refractivity (Wildman–Crippen MR) is 63.8 cm³/mol. The fourth-order valence-corrected chi connectivity index (χ4v) is 3.32. The van der Waals surface area contributed by atoms with Crippen molar-refractivity contribution in [2.24, 2.45) is 5.14 Å². The number of rotatable bonds is 3. The minimum atomic E-state index is -3.65. The van der Waals surface area contributed by atoms with Gasteiger partial charge in [0, 0.05) is 24.5 Å². The number of thiazole rings is 1. The fourth-order valence-electron chi connectivity index (χ4n) is 1.87. The smallest absolute Gasteiger partial charge is 0.224 e. The van der Waals surface area contributed by atoms with Gasteiger partial charge in [-0.05, 0) is 6.92 Å². The van der Waals surface area contributed by atoms with Crippen molar-refractivity contribution in [1.82, 2.24) is 9.88 Å². The summed E-state index contributed by atoms with van der Waals surface area (Å²) in [5.41, 5.74) is 0. The van der Waals surface area contributed by atoms with Crippen molar-refractivity contribution in [3.8, 4) is 0 Å². The number of amides is 1. The number of carbonyl (C=O) groups excluding carboxylic acids is 1. The SMILES string of the molecule is CC(c1nccs1)N1CC(S(N)(=O)=O)CC1=O. The van der Waals surface area contributed by atoms with E-state index in [-0.39, 0.29) is 24.9 Å². The van der Waals surface area contributed by atoms with E-state index in [1.807, 2.05) is 12.3 Å². The number of hydrogen-bond donors (Lipinski definition) is 1. The molecule has 1 aliphatic rings. The van der Waals surface area contributed by atoms with Crippen LogP contribution in [0.3, 0.4) is 0 Å². The molecule has 0 bridgehead atoms. The Morgan fingerprint density at radius 2 is 2.35 bits per heavy atom. The van der Waals surface area contributed by atoms with Crippen molar-refractivity contribution in [2.75, 3.05) is 6.54 Å². The van der Waals surface area contributed by atoms with Crippen molar-refractivity contribution in [3.05, 3.63) is 16.6 Å². The molecule has 2 N–H and O–H groups in total. The lowest BCUT2D eigenvalue weighted by Gasteiger charge is -2.22. The van der Waals surface area contributed by atoms with Crippen LogP contribution in [0.15, 0.2) is 11.6 Å². The second-order valence-electron chi connectivity index (χ2n) is 4.01. The highest BCUT2D eigenvalue weighted by atomic mass is 32.2. The van der Waals surface area contributed by atoms with E-state index >= 15 is 0 Å². The van der Waals surface area contributed by atoms with Crippen molar-refractivity contribution < 1.29 is 13.2 Å². The minimum Gasteiger partial charge on any atom is -0.332 e. The largest absolute Gasteiger partial charge is 0.332 e. The molecule has 2 unspecified atom stereocenters. The van der Waals surface area contributed by atoms with Gasteiger partial charge in [-0.3, -0.25) is 4.79 Å². The van der Waals surface area contributed by atoms with Gasteiger partial charge in [-0.15, -0.1) is 11.3 Å². The van der Waals surface area contributed by atoms with Crippen LogP contribution in [0.4, 0.5) is 0 Å². The molecule has 1 saturated heterocycles. The Balaban J connectivity index is 2.16. The van der Waals surface area contributed by atoms with E-state index in [0.717, 1.165) is 5.01 Å². The van der Waals surface area contributed by atoms with Crippen LogP contribution in [0.1, 0.15) is 24.4 Å². The third kappa shape index (κ3) is 2.48. The van der Waals surface area contributed by atoms with E-state index in [1.165, 1.54) is 16.2 Å². The second kappa shape index (κ2) is 4.35. The molecule has 0 radical (unpaired) electrons. The summed E-state index contributed by atoms with van der Waals surface area (Å²) < 4.78 is 22.4. The summed E-state index contributed by atoms with van der Waals surface area (Å²) in [5, 5.41) is 6.89. The normalized spacial score (nSPS) is 23.1. The van der Waals surface area contributed by atoms with Gasteiger partial charge in [0.05, 0.1) is 6.04 Å². The van der Waals surface area contributed by atoms with Crippen LogP contribution in [0.25, 0.3) is 0 Å². The molecule has 94 valence electrons. The van der Waals surface area contributed by atoms with E-state index < -0.39 is 15.3 Å². The zero-order chi connectivity index (χ0) is 12.6. The van der Waals surface area contributed by atoms with E-state index in [1.54, 1.807) is 6.20 Å². The Labute approximate surface area is 103 Å². The third-order valence-electron chi connectivity index (χ3n) is 2.86. The Bertz CT molecular complexity index is 512. The number of likely N-dealkylation sites (tertiary alicyclic amines) is 1. The molecule has 1 aliphatic heterocycles. The second-order valence-corrected chi connectivity index (χ2v) is 6.78. The lowest BCUT2D eigenvalue weighted by molar-refractivity contribution is -0.129. The van der Waals surface area contributed by atoms with Gasteiger partial charge in [-0.2, -0.15) is 0 Å². The summed E-state index contributed by atoms with van der Waals surface area (Å²) in [7, 11) is -3.65. The Hall–Kier alpha value is -0.990. The number of sulfonamides is 1. The van der Waals surface area contributed by atoms with Crippen molar-refractivity contribution in [3.63, 3.8) is 0 Å². The molecular weight excluding hydrogens is 262 g/mol. The minimum absolute atomic E-state index is 0.0332. The highest BCUT2D eigenvalue weighted by Gasteiger charge is 2.39. The van der Waals surface area contributed by atoms with Gasteiger partial charge in [-0.1, -0.05) is 0 Å². The highest BCUT2D eigenvalue weighted by molar-refractivity contribution is 7.89. The molecule has 2 heterocycles. The Morgan fingerprint density at radius 1 is 1.65 bits per heavy atom. The number of nitrogens with two attached hydrogens (primary N) is 1. The molecule has 1 amide bonds. The number of hydrogen-bond acceptors (Lipinski definition) is 5. The number of aromatic nitrogens is 1. The van der Waals surface area contributed by atoms with Gasteiger partial charge < -0.3 is 4.90 Å². The van der Waals surface area contributed by atoms with Crippen LogP contribution >= 0.6 is 11.3 Å². The van der Waals surface area contributed by atoms with Crippen LogP contribution in [0.5, 0.6) is 0 Å². The quantitative estimate of drug-likeness (QED) is 0.846. The summed E-state index contributed by atoms with van der Waals surface area (Å²) in [6, 6.07) is -0.200. The number of primary sulfonamides is 1. The molecule has 1 aromatic heterocycles. The summed E-state index contributed by atoms with van der Waals surface area (Å²) in [6.07, 6.45) is 1.63. The maximum Gasteiger partial charge on any atom is 0.224 e. The fraction of sp³-hybridized carbons (Fsp3) is 0.556. The average molecular weight is 275 g/mol. The van der Waals surface area contributed by atoms with Crippen LogP contribution in [-0.4, -0.2) is 36.0 Å². The molecule has 0 spiro atoms. The first kappa shape index (κ1) is 12.5. The van der Waals surface area contributed by atoms with Crippen LogP contribution in [-0.2, 0) is 14.8 Å². The van der Waals surface area contributed by atoms with Gasteiger partial charge >= 0.3 is 0 Å². The molecule has 17 heavy (non-hydrogen) atoms. The van der Waals surface area contributed by atoms with Crippen LogP contribution < -0.4 is 5.14 Å². The van der Waals surface area contributed by atoms with E-state index in [9.17, 15) is 13.2 Å². The molecule has 2 rings (SSSR count). The van der Waals surface area contributed by atoms with Crippen molar-refractivity contribution >= 4 is 27.3 Å². The summed E-state index contributed by atoms with van der Waals surface area (Å²) in [4.78, 5) is 17.4. The lowest BCUT2D eigenvalue weighted by atomic mass is 10.3. The molecule has 1 fully saturated rings. The summed E-state index contributed by atoms with van der Waals surface area (Å²) >= 11 is 1.44. The molecular formula is C9H13N3O3S2. The third-order valence-corrected chi connectivity index (χ3v) is 5.05. The van der Waals surface area contributed by atoms with Gasteiger partial charge in [-0.25, -0.2) is 18.5 Å². The van der Waals surface area contributed by atoms with Gasteiger partial charge in [0.15, 0.2) is 0 Å². The van der Waals surface area contributed by atoms with E-state index in [0.29, 0.717) is 0 Å². The summed E-state index contributed by atoms with van der Waals surface area (Å²) in [6.45, 7) is 1.99. The zero-order valence-corrected chi connectivity index (χ0v) is 10.9. The van der Waals surface area contributed by atoms with Gasteiger partial charge in [0.25, 0.3) is 0 Å². The molecule has 0 saturated carbocycles. The van der Waals surface area contributed by atoms with Gasteiger partial charge in [0.2, 0.25) is 15.9 Å². The first-order valence-corrected chi connectivity index (χ1v) is 7.59. The first-order valence-electron chi connectivity index (χ1n) is 5.10. The average Bonchev–Trinajstić information content (AvgIpc) is 2.83. The van der Waals surface area contributed by atoms with E-state index in [4.69, 9.17) is 5.14 Å². The van der Waals surface area contributed by atoms with Crippen molar-refractivity contribution in [1.29, 1.82) is 0 Å². The molecule has 1 aromatic rings. The summed E-state index contributed by atoms with van der Waals surface area (Å²) in [5.74, 6) is -0.188. The molecule has 6 nitrogen and oxygen atoms in total. The first-order chi connectivity index (χ1) is 7.89. The van der Waals surface area contributed by atoms with Crippen LogP contribution in [0, 0.1) is 0 Å². The highest BCUT2D eigenvalue weighted by Crippen LogP contribution is 2.28. The Kier molecular flexibility index (Phi) is 3.19. The standard InChI is InChI=1S/C9H13N3O3S2/c1-6(9-11-2-3-16-9)12-5-7(4-8(12)13)17(10,14)15/h2-3,6-7H,4-5H2,1H3,(H2,10,14,15). The van der Waals surface area contributed by atoms with Crippen molar-refractivity contribution in [2.45, 2.75) is 24.6 Å². The molecule has 8 heteroatoms. The Morgan fingerprint density at radius 3 is 2.82 bits per heavy atom. The lowest BCUT2D eigenvalue weighted by Crippen LogP contribution is -2.33.